The average Bonchev–Trinajstić information content (AvgIpc) is 2.36. The summed E-state index contributed by atoms with van der Waals surface area (Å²) in [5, 5.41) is 14.4. The van der Waals surface area contributed by atoms with Crippen LogP contribution in [0.15, 0.2) is 24.3 Å². The molecule has 5 nitrogen and oxygen atoms in total. The summed E-state index contributed by atoms with van der Waals surface area (Å²) in [6, 6.07) is 5.27. The topological polar surface area (TPSA) is 78.4 Å². The highest BCUT2D eigenvalue weighted by atomic mass is 16.3. The molecule has 0 aromatic heterocycles. The largest absolute Gasteiger partial charge is 0.508 e. The van der Waals surface area contributed by atoms with Crippen LogP contribution in [0.25, 0.3) is 0 Å². The van der Waals surface area contributed by atoms with E-state index in [1.54, 1.807) is 6.92 Å². The molecule has 0 aliphatic rings. The van der Waals surface area contributed by atoms with Crippen molar-refractivity contribution in [2.75, 3.05) is 6.54 Å². The number of amides is 2. The third-order valence-corrected chi connectivity index (χ3v) is 2.42. The quantitative estimate of drug-likeness (QED) is 0.730. The molecule has 1 atom stereocenters. The average molecular weight is 250 g/mol. The summed E-state index contributed by atoms with van der Waals surface area (Å²) in [5.41, 5.74) is 0.406. The smallest absolute Gasteiger partial charge is 0.251 e. The lowest BCUT2D eigenvalue weighted by Gasteiger charge is -2.13. The zero-order valence-electron chi connectivity index (χ0n) is 10.6. The van der Waals surface area contributed by atoms with Crippen LogP contribution in [0.4, 0.5) is 0 Å². The van der Waals surface area contributed by atoms with E-state index in [0.29, 0.717) is 12.1 Å². The van der Waals surface area contributed by atoms with Gasteiger partial charge >= 0.3 is 0 Å². The van der Waals surface area contributed by atoms with E-state index in [0.717, 1.165) is 6.42 Å². The first kappa shape index (κ1) is 14.0. The summed E-state index contributed by atoms with van der Waals surface area (Å²) in [6.07, 6.45) is 0.852. The van der Waals surface area contributed by atoms with Gasteiger partial charge in [-0.1, -0.05) is 6.92 Å². The number of aromatic hydroxyl groups is 1. The highest BCUT2D eigenvalue weighted by molar-refractivity contribution is 5.97. The van der Waals surface area contributed by atoms with Gasteiger partial charge in [0.05, 0.1) is 0 Å². The van der Waals surface area contributed by atoms with Crippen molar-refractivity contribution in [1.82, 2.24) is 10.6 Å². The van der Waals surface area contributed by atoms with Crippen molar-refractivity contribution < 1.29 is 14.7 Å². The third-order valence-electron chi connectivity index (χ3n) is 2.42. The zero-order valence-corrected chi connectivity index (χ0v) is 10.6. The minimum absolute atomic E-state index is 0.0975. The number of carbonyl (C=O) groups excluding carboxylic acids is 2. The van der Waals surface area contributed by atoms with Crippen molar-refractivity contribution in [3.63, 3.8) is 0 Å². The number of rotatable bonds is 5. The van der Waals surface area contributed by atoms with Gasteiger partial charge in [0.1, 0.15) is 11.8 Å². The van der Waals surface area contributed by atoms with Gasteiger partial charge in [0.25, 0.3) is 5.91 Å². The van der Waals surface area contributed by atoms with Crippen LogP contribution in [0.3, 0.4) is 0 Å². The van der Waals surface area contributed by atoms with Crippen molar-refractivity contribution in [2.24, 2.45) is 0 Å². The van der Waals surface area contributed by atoms with Gasteiger partial charge in [-0.15, -0.1) is 0 Å². The number of hydrogen-bond acceptors (Lipinski definition) is 3. The molecule has 2 amide bonds. The minimum atomic E-state index is -0.585. The normalized spacial score (nSPS) is 11.7. The minimum Gasteiger partial charge on any atom is -0.508 e. The second-order valence-corrected chi connectivity index (χ2v) is 4.03. The Bertz CT molecular complexity index is 415. The maximum Gasteiger partial charge on any atom is 0.251 e. The fourth-order valence-corrected chi connectivity index (χ4v) is 1.36. The maximum atomic E-state index is 11.8. The van der Waals surface area contributed by atoms with Gasteiger partial charge in [-0.25, -0.2) is 0 Å². The highest BCUT2D eigenvalue weighted by Gasteiger charge is 2.15. The lowest BCUT2D eigenvalue weighted by atomic mass is 10.2. The van der Waals surface area contributed by atoms with Crippen LogP contribution >= 0.6 is 0 Å². The van der Waals surface area contributed by atoms with Crippen LogP contribution in [0.1, 0.15) is 30.6 Å². The molecule has 0 saturated carbocycles. The summed E-state index contributed by atoms with van der Waals surface area (Å²) < 4.78 is 0. The van der Waals surface area contributed by atoms with Crippen molar-refractivity contribution in [3.05, 3.63) is 29.8 Å². The molecule has 0 aliphatic heterocycles. The van der Waals surface area contributed by atoms with E-state index in [-0.39, 0.29) is 17.6 Å². The second kappa shape index (κ2) is 6.64. The van der Waals surface area contributed by atoms with Crippen molar-refractivity contribution in [1.29, 1.82) is 0 Å². The molecule has 0 heterocycles. The van der Waals surface area contributed by atoms with E-state index in [4.69, 9.17) is 5.11 Å². The summed E-state index contributed by atoms with van der Waals surface area (Å²) >= 11 is 0. The Morgan fingerprint density at radius 1 is 1.28 bits per heavy atom. The van der Waals surface area contributed by atoms with E-state index in [2.05, 4.69) is 10.6 Å². The molecule has 1 unspecified atom stereocenters. The first-order chi connectivity index (χ1) is 8.54. The molecule has 5 heteroatoms. The lowest BCUT2D eigenvalue weighted by molar-refractivity contribution is -0.122. The Morgan fingerprint density at radius 2 is 1.89 bits per heavy atom. The van der Waals surface area contributed by atoms with E-state index in [1.165, 1.54) is 24.3 Å². The number of benzene rings is 1. The van der Waals surface area contributed by atoms with E-state index in [9.17, 15) is 9.59 Å². The third kappa shape index (κ3) is 4.08. The molecule has 0 aliphatic carbocycles. The summed E-state index contributed by atoms with van der Waals surface area (Å²) in [6.45, 7) is 4.18. The lowest BCUT2D eigenvalue weighted by Crippen LogP contribution is -2.44. The second-order valence-electron chi connectivity index (χ2n) is 4.03. The Kier molecular flexibility index (Phi) is 5.17. The fraction of sp³-hybridized carbons (Fsp3) is 0.385. The molecule has 1 aromatic rings. The molecule has 1 rings (SSSR count). The van der Waals surface area contributed by atoms with Gasteiger partial charge in [0, 0.05) is 12.1 Å². The summed E-state index contributed by atoms with van der Waals surface area (Å²) in [7, 11) is 0. The molecule has 1 aromatic carbocycles. The molecular weight excluding hydrogens is 232 g/mol. The SMILES string of the molecule is CCCNC(=O)C(C)NC(=O)c1ccc(O)cc1. The van der Waals surface area contributed by atoms with Crippen LogP contribution in [-0.4, -0.2) is 29.5 Å². The van der Waals surface area contributed by atoms with Crippen LogP contribution in [-0.2, 0) is 4.79 Å². The van der Waals surface area contributed by atoms with Gasteiger partial charge in [-0.05, 0) is 37.6 Å². The Hall–Kier alpha value is -2.04. The molecular formula is C13H18N2O3. The fourth-order valence-electron chi connectivity index (χ4n) is 1.36. The van der Waals surface area contributed by atoms with Crippen molar-refractivity contribution in [3.8, 4) is 5.75 Å². The van der Waals surface area contributed by atoms with Crippen LogP contribution in [0, 0.1) is 0 Å². The predicted molar refractivity (Wildman–Crippen MR) is 68.3 cm³/mol. The number of phenolic OH excluding ortho intramolecular Hbond substituents is 1. The monoisotopic (exact) mass is 250 g/mol. The zero-order chi connectivity index (χ0) is 13.5. The Morgan fingerprint density at radius 3 is 2.44 bits per heavy atom. The first-order valence-corrected chi connectivity index (χ1v) is 5.92. The molecule has 0 fully saturated rings. The number of carbonyl (C=O) groups is 2. The van der Waals surface area contributed by atoms with Crippen LogP contribution in [0.2, 0.25) is 0 Å². The van der Waals surface area contributed by atoms with Crippen molar-refractivity contribution in [2.45, 2.75) is 26.3 Å². The Labute approximate surface area is 106 Å². The van der Waals surface area contributed by atoms with Gasteiger partial charge < -0.3 is 15.7 Å². The molecule has 0 bridgehead atoms. The standard InChI is InChI=1S/C13H18N2O3/c1-3-8-14-12(17)9(2)15-13(18)10-4-6-11(16)7-5-10/h4-7,9,16H,3,8H2,1-2H3,(H,14,17)(H,15,18). The summed E-state index contributed by atoms with van der Waals surface area (Å²) in [4.78, 5) is 23.3. The molecule has 18 heavy (non-hydrogen) atoms. The molecule has 3 N–H and O–H groups in total. The number of phenols is 1. The van der Waals surface area contributed by atoms with Gasteiger partial charge in [0.15, 0.2) is 0 Å². The van der Waals surface area contributed by atoms with Gasteiger partial charge in [-0.3, -0.25) is 9.59 Å². The highest BCUT2D eigenvalue weighted by Crippen LogP contribution is 2.09. The van der Waals surface area contributed by atoms with E-state index >= 15 is 0 Å². The number of nitrogens with one attached hydrogen (secondary N) is 2. The Balaban J connectivity index is 2.53. The van der Waals surface area contributed by atoms with Crippen LogP contribution < -0.4 is 10.6 Å². The first-order valence-electron chi connectivity index (χ1n) is 5.92. The van der Waals surface area contributed by atoms with E-state index < -0.39 is 6.04 Å². The summed E-state index contributed by atoms with van der Waals surface area (Å²) in [5.74, 6) is -0.446. The molecule has 0 radical (unpaired) electrons. The van der Waals surface area contributed by atoms with Crippen LogP contribution in [0.5, 0.6) is 5.75 Å². The number of hydrogen-bond donors (Lipinski definition) is 3. The molecule has 98 valence electrons. The molecule has 0 spiro atoms. The predicted octanol–water partition coefficient (Wildman–Crippen LogP) is 1.04. The van der Waals surface area contributed by atoms with Gasteiger partial charge in [-0.2, -0.15) is 0 Å². The van der Waals surface area contributed by atoms with Crippen molar-refractivity contribution >= 4 is 11.8 Å². The van der Waals surface area contributed by atoms with E-state index in [1.807, 2.05) is 6.92 Å². The molecule has 0 saturated heterocycles. The van der Waals surface area contributed by atoms with Gasteiger partial charge in [0.2, 0.25) is 5.91 Å². The maximum absolute atomic E-state index is 11.8.